The maximum absolute atomic E-state index is 13.5. The molecule has 7 nitrogen and oxygen atoms in total. The molecule has 0 unspecified atom stereocenters. The molecule has 0 saturated carbocycles. The van der Waals surface area contributed by atoms with Gasteiger partial charge in [-0.15, -0.1) is 0 Å². The lowest BCUT2D eigenvalue weighted by molar-refractivity contribution is -0.116. The van der Waals surface area contributed by atoms with Crippen LogP contribution in [0.5, 0.6) is 0 Å². The van der Waals surface area contributed by atoms with Crippen LogP contribution in [0.3, 0.4) is 0 Å². The van der Waals surface area contributed by atoms with Crippen molar-refractivity contribution >= 4 is 34.4 Å². The molecule has 0 fully saturated rings. The number of hydrogen-bond acceptors (Lipinski definition) is 4. The van der Waals surface area contributed by atoms with Gasteiger partial charge in [-0.1, -0.05) is 41.4 Å². The summed E-state index contributed by atoms with van der Waals surface area (Å²) in [5.74, 6) is -0.228. The number of rotatable bonds is 6. The maximum Gasteiger partial charge on any atom is 0.264 e. The van der Waals surface area contributed by atoms with E-state index in [1.54, 1.807) is 24.7 Å². The van der Waals surface area contributed by atoms with Crippen molar-refractivity contribution < 1.29 is 13.6 Å². The third kappa shape index (κ3) is 4.47. The minimum atomic E-state index is -2.67. The Labute approximate surface area is 188 Å². The number of fused-ring (bicyclic) bond motifs is 1. The maximum atomic E-state index is 13.5. The Hall–Kier alpha value is -3.33. The first-order valence-electron chi connectivity index (χ1n) is 9.92. The minimum Gasteiger partial charge on any atom is -0.306 e. The molecule has 0 aliphatic carbocycles. The van der Waals surface area contributed by atoms with Crippen LogP contribution in [0.1, 0.15) is 34.5 Å². The standard InChI is InChI=1S/C22H21ClF2N6O/c1-12-5-4-6-15(7-12)9-30-10-17(23)21(29-30)27-18(32)11-31-22-19(14(3)28-31)16(20(24)25)8-13(2)26-22/h4-8,10,20H,9,11H2,1-3H3,(H,27,29,32). The van der Waals surface area contributed by atoms with Crippen LogP contribution in [0, 0.1) is 20.8 Å². The number of anilines is 1. The van der Waals surface area contributed by atoms with Gasteiger partial charge in [-0.25, -0.2) is 18.4 Å². The summed E-state index contributed by atoms with van der Waals surface area (Å²) in [5, 5.41) is 11.8. The lowest BCUT2D eigenvalue weighted by Gasteiger charge is -2.07. The molecule has 4 rings (SSSR count). The molecule has 0 aliphatic heterocycles. The van der Waals surface area contributed by atoms with Crippen LogP contribution in [-0.4, -0.2) is 30.5 Å². The number of hydrogen-bond donors (Lipinski definition) is 1. The van der Waals surface area contributed by atoms with E-state index in [1.807, 2.05) is 31.2 Å². The van der Waals surface area contributed by atoms with Crippen LogP contribution >= 0.6 is 11.6 Å². The number of alkyl halides is 2. The lowest BCUT2D eigenvalue weighted by atomic mass is 10.1. The van der Waals surface area contributed by atoms with Crippen LogP contribution in [-0.2, 0) is 17.9 Å². The van der Waals surface area contributed by atoms with Crippen LogP contribution in [0.15, 0.2) is 36.5 Å². The van der Waals surface area contributed by atoms with Gasteiger partial charge in [0.2, 0.25) is 5.91 Å². The Bertz CT molecular complexity index is 1310. The number of carbonyl (C=O) groups is 1. The highest BCUT2D eigenvalue weighted by Gasteiger charge is 2.21. The van der Waals surface area contributed by atoms with Gasteiger partial charge in [0.15, 0.2) is 11.5 Å². The number of pyridine rings is 1. The average molecular weight is 459 g/mol. The Morgan fingerprint density at radius 1 is 1.19 bits per heavy atom. The van der Waals surface area contributed by atoms with Crippen molar-refractivity contribution in [2.75, 3.05) is 5.32 Å². The third-order valence-electron chi connectivity index (χ3n) is 4.97. The number of aryl methyl sites for hydroxylation is 3. The Kier molecular flexibility index (Phi) is 5.92. The zero-order valence-corrected chi connectivity index (χ0v) is 18.5. The summed E-state index contributed by atoms with van der Waals surface area (Å²) in [7, 11) is 0. The molecule has 0 bridgehead atoms. The first kappa shape index (κ1) is 21.9. The first-order valence-corrected chi connectivity index (χ1v) is 10.3. The molecule has 0 saturated heterocycles. The molecular weight excluding hydrogens is 438 g/mol. The Morgan fingerprint density at radius 2 is 1.97 bits per heavy atom. The molecule has 3 aromatic heterocycles. The van der Waals surface area contributed by atoms with Gasteiger partial charge in [0.1, 0.15) is 11.6 Å². The predicted octanol–water partition coefficient (Wildman–Crippen LogP) is 4.83. The van der Waals surface area contributed by atoms with Gasteiger partial charge >= 0.3 is 0 Å². The van der Waals surface area contributed by atoms with Gasteiger partial charge < -0.3 is 5.32 Å². The van der Waals surface area contributed by atoms with E-state index in [0.717, 1.165) is 11.1 Å². The molecule has 166 valence electrons. The van der Waals surface area contributed by atoms with Crippen LogP contribution in [0.2, 0.25) is 5.02 Å². The predicted molar refractivity (Wildman–Crippen MR) is 118 cm³/mol. The number of halogens is 3. The van der Waals surface area contributed by atoms with E-state index >= 15 is 0 Å². The van der Waals surface area contributed by atoms with Gasteiger partial charge in [0, 0.05) is 17.5 Å². The normalized spacial score (nSPS) is 11.5. The number of benzene rings is 1. The molecule has 3 heterocycles. The second-order valence-electron chi connectivity index (χ2n) is 7.66. The van der Waals surface area contributed by atoms with E-state index in [-0.39, 0.29) is 29.0 Å². The second kappa shape index (κ2) is 8.66. The summed E-state index contributed by atoms with van der Waals surface area (Å²) >= 11 is 6.25. The highest BCUT2D eigenvalue weighted by Crippen LogP contribution is 2.30. The summed E-state index contributed by atoms with van der Waals surface area (Å²) in [6.07, 6.45) is -1.03. The molecule has 0 aliphatic rings. The van der Waals surface area contributed by atoms with E-state index in [4.69, 9.17) is 11.6 Å². The summed E-state index contributed by atoms with van der Waals surface area (Å²) in [6, 6.07) is 9.33. The number of nitrogens with one attached hydrogen (secondary N) is 1. The van der Waals surface area contributed by atoms with Crippen molar-refractivity contribution in [3.8, 4) is 0 Å². The summed E-state index contributed by atoms with van der Waals surface area (Å²) < 4.78 is 29.9. The fourth-order valence-electron chi connectivity index (χ4n) is 3.67. The van der Waals surface area contributed by atoms with Gasteiger partial charge in [-0.3, -0.25) is 9.48 Å². The van der Waals surface area contributed by atoms with Crippen molar-refractivity contribution in [2.24, 2.45) is 0 Å². The Morgan fingerprint density at radius 3 is 2.69 bits per heavy atom. The van der Waals surface area contributed by atoms with E-state index in [0.29, 0.717) is 23.0 Å². The molecule has 0 atom stereocenters. The van der Waals surface area contributed by atoms with E-state index in [2.05, 4.69) is 20.5 Å². The topological polar surface area (TPSA) is 77.6 Å². The summed E-state index contributed by atoms with van der Waals surface area (Å²) in [5.41, 5.74) is 3.09. The van der Waals surface area contributed by atoms with E-state index in [1.165, 1.54) is 10.7 Å². The number of aromatic nitrogens is 5. The average Bonchev–Trinajstić information content (AvgIpc) is 3.20. The SMILES string of the molecule is Cc1cccc(Cn2cc(Cl)c(NC(=O)Cn3nc(C)c4c(C(F)F)cc(C)nc43)n2)c1. The molecule has 1 aromatic carbocycles. The fraction of sp³-hybridized carbons (Fsp3) is 0.273. The molecular formula is C22H21ClF2N6O. The highest BCUT2D eigenvalue weighted by molar-refractivity contribution is 6.33. The zero-order chi connectivity index (χ0) is 23.0. The molecule has 10 heteroatoms. The number of amides is 1. The molecule has 1 N–H and O–H groups in total. The number of carbonyl (C=O) groups excluding carboxylic acids is 1. The van der Waals surface area contributed by atoms with Crippen molar-refractivity contribution in [3.63, 3.8) is 0 Å². The number of nitrogens with zero attached hydrogens (tertiary/aromatic N) is 5. The molecule has 4 aromatic rings. The van der Waals surface area contributed by atoms with Crippen molar-refractivity contribution in [3.05, 3.63) is 69.6 Å². The molecule has 0 spiro atoms. The Balaban J connectivity index is 1.53. The molecule has 32 heavy (non-hydrogen) atoms. The highest BCUT2D eigenvalue weighted by atomic mass is 35.5. The van der Waals surface area contributed by atoms with Crippen LogP contribution in [0.4, 0.5) is 14.6 Å². The summed E-state index contributed by atoms with van der Waals surface area (Å²) in [4.78, 5) is 17.0. The first-order chi connectivity index (χ1) is 15.2. The second-order valence-corrected chi connectivity index (χ2v) is 8.06. The van der Waals surface area contributed by atoms with Gasteiger partial charge in [-0.05, 0) is 32.4 Å². The third-order valence-corrected chi connectivity index (χ3v) is 5.24. The minimum absolute atomic E-state index is 0.144. The van der Waals surface area contributed by atoms with Crippen molar-refractivity contribution in [2.45, 2.75) is 40.3 Å². The fourth-order valence-corrected chi connectivity index (χ4v) is 3.87. The quantitative estimate of drug-likeness (QED) is 0.449. The van der Waals surface area contributed by atoms with Crippen LogP contribution in [0.25, 0.3) is 11.0 Å². The van der Waals surface area contributed by atoms with Crippen LogP contribution < -0.4 is 5.32 Å². The van der Waals surface area contributed by atoms with Crippen molar-refractivity contribution in [1.29, 1.82) is 0 Å². The monoisotopic (exact) mass is 458 g/mol. The van der Waals surface area contributed by atoms with Gasteiger partial charge in [-0.2, -0.15) is 10.2 Å². The van der Waals surface area contributed by atoms with E-state index in [9.17, 15) is 13.6 Å². The summed E-state index contributed by atoms with van der Waals surface area (Å²) in [6.45, 7) is 5.53. The molecule has 1 amide bonds. The lowest BCUT2D eigenvalue weighted by Crippen LogP contribution is -2.20. The van der Waals surface area contributed by atoms with Crippen molar-refractivity contribution in [1.82, 2.24) is 24.5 Å². The largest absolute Gasteiger partial charge is 0.306 e. The van der Waals surface area contributed by atoms with E-state index < -0.39 is 12.3 Å². The van der Waals surface area contributed by atoms with Gasteiger partial charge in [0.25, 0.3) is 6.43 Å². The molecule has 0 radical (unpaired) electrons. The smallest absolute Gasteiger partial charge is 0.264 e. The zero-order valence-electron chi connectivity index (χ0n) is 17.7. The van der Waals surface area contributed by atoms with Gasteiger partial charge in [0.05, 0.1) is 17.6 Å².